The summed E-state index contributed by atoms with van der Waals surface area (Å²) in [6.07, 6.45) is 0. The molecule has 3 nitrogen and oxygen atoms in total. The Balaban J connectivity index is 2.26. The maximum absolute atomic E-state index is 11.1. The lowest BCUT2D eigenvalue weighted by Crippen LogP contribution is -2.43. The first-order valence-corrected chi connectivity index (χ1v) is 6.41. The van der Waals surface area contributed by atoms with Crippen molar-refractivity contribution in [3.05, 3.63) is 0 Å². The van der Waals surface area contributed by atoms with E-state index in [1.165, 1.54) is 0 Å². The minimum absolute atomic E-state index is 0.257. The molecule has 0 spiro atoms. The summed E-state index contributed by atoms with van der Waals surface area (Å²) in [4.78, 5) is 2.37. The number of hydrogen-bond donors (Lipinski definition) is 1. The average Bonchev–Trinajstić information content (AvgIpc) is 2.08. The zero-order valence-corrected chi connectivity index (χ0v) is 9.35. The molecular weight excluding hydrogens is 184 g/mol. The minimum atomic E-state index is -0.559. The fourth-order valence-corrected chi connectivity index (χ4v) is 2.56. The third kappa shape index (κ3) is 3.75. The van der Waals surface area contributed by atoms with E-state index < -0.39 is 10.8 Å². The second-order valence-electron chi connectivity index (χ2n) is 3.99. The molecule has 0 aromatic carbocycles. The average molecular weight is 204 g/mol. The van der Waals surface area contributed by atoms with Gasteiger partial charge in [-0.1, -0.05) is 6.92 Å². The van der Waals surface area contributed by atoms with Crippen LogP contribution in [0.1, 0.15) is 13.8 Å². The molecule has 78 valence electrons. The third-order valence-electron chi connectivity index (χ3n) is 2.71. The third-order valence-corrected chi connectivity index (χ3v) is 3.99. The number of hydrogen-bond acceptors (Lipinski definition) is 3. The molecule has 0 radical (unpaired) electrons. The van der Waals surface area contributed by atoms with Gasteiger partial charge in [-0.05, 0) is 12.8 Å². The van der Waals surface area contributed by atoms with Crippen molar-refractivity contribution in [2.45, 2.75) is 19.9 Å². The molecule has 0 amide bonds. The highest BCUT2D eigenvalue weighted by Gasteiger charge is 2.18. The van der Waals surface area contributed by atoms with Crippen molar-refractivity contribution in [1.29, 1.82) is 0 Å². The van der Waals surface area contributed by atoms with Crippen LogP contribution in [-0.2, 0) is 10.8 Å². The standard InChI is InChI=1S/C9H20N2OS/c1-8(9(2)10)7-11-3-5-13(12)6-4-11/h8-9H,3-7,10H2,1-2H3. The Morgan fingerprint density at radius 2 is 1.92 bits per heavy atom. The van der Waals surface area contributed by atoms with Gasteiger partial charge < -0.3 is 10.6 Å². The highest BCUT2D eigenvalue weighted by Crippen LogP contribution is 2.06. The summed E-state index contributed by atoms with van der Waals surface area (Å²) < 4.78 is 11.1. The predicted molar refractivity (Wildman–Crippen MR) is 57.1 cm³/mol. The fourth-order valence-electron chi connectivity index (χ4n) is 1.43. The van der Waals surface area contributed by atoms with E-state index in [-0.39, 0.29) is 6.04 Å². The van der Waals surface area contributed by atoms with Gasteiger partial charge in [0.1, 0.15) is 0 Å². The molecule has 1 rings (SSSR count). The van der Waals surface area contributed by atoms with Gasteiger partial charge in [-0.3, -0.25) is 4.21 Å². The Morgan fingerprint density at radius 3 is 2.38 bits per heavy atom. The zero-order valence-electron chi connectivity index (χ0n) is 8.53. The van der Waals surface area contributed by atoms with E-state index in [1.54, 1.807) is 0 Å². The van der Waals surface area contributed by atoms with E-state index in [4.69, 9.17) is 5.73 Å². The van der Waals surface area contributed by atoms with Crippen molar-refractivity contribution < 1.29 is 4.21 Å². The Labute approximate surface area is 83.1 Å². The van der Waals surface area contributed by atoms with E-state index in [1.807, 2.05) is 6.92 Å². The molecule has 4 heteroatoms. The lowest BCUT2D eigenvalue weighted by atomic mass is 10.0. The lowest BCUT2D eigenvalue weighted by Gasteiger charge is -2.29. The molecule has 13 heavy (non-hydrogen) atoms. The van der Waals surface area contributed by atoms with Gasteiger partial charge >= 0.3 is 0 Å². The molecule has 2 unspecified atom stereocenters. The van der Waals surface area contributed by atoms with Crippen LogP contribution in [0.15, 0.2) is 0 Å². The van der Waals surface area contributed by atoms with Crippen LogP contribution in [0.3, 0.4) is 0 Å². The molecular formula is C9H20N2OS. The van der Waals surface area contributed by atoms with Gasteiger partial charge in [0.25, 0.3) is 0 Å². The molecule has 0 aliphatic carbocycles. The van der Waals surface area contributed by atoms with Gasteiger partial charge in [-0.15, -0.1) is 0 Å². The predicted octanol–water partition coefficient (Wildman–Crippen LogP) is 0.0340. The summed E-state index contributed by atoms with van der Waals surface area (Å²) >= 11 is 0. The zero-order chi connectivity index (χ0) is 9.84. The summed E-state index contributed by atoms with van der Waals surface area (Å²) in [5.41, 5.74) is 5.79. The summed E-state index contributed by atoms with van der Waals surface area (Å²) in [6, 6.07) is 0.257. The van der Waals surface area contributed by atoms with E-state index in [0.29, 0.717) is 5.92 Å². The topological polar surface area (TPSA) is 46.3 Å². The summed E-state index contributed by atoms with van der Waals surface area (Å²) in [7, 11) is -0.559. The summed E-state index contributed by atoms with van der Waals surface area (Å²) in [5, 5.41) is 0. The minimum Gasteiger partial charge on any atom is -0.328 e. The number of rotatable bonds is 3. The van der Waals surface area contributed by atoms with Gasteiger partial charge in [-0.25, -0.2) is 0 Å². The van der Waals surface area contributed by atoms with Crippen molar-refractivity contribution in [2.75, 3.05) is 31.1 Å². The Morgan fingerprint density at radius 1 is 1.38 bits per heavy atom. The molecule has 2 atom stereocenters. The Hall–Kier alpha value is 0.0700. The number of nitrogens with zero attached hydrogens (tertiary/aromatic N) is 1. The molecule has 1 saturated heterocycles. The molecule has 1 heterocycles. The lowest BCUT2D eigenvalue weighted by molar-refractivity contribution is 0.243. The van der Waals surface area contributed by atoms with Gasteiger partial charge in [-0.2, -0.15) is 0 Å². The quantitative estimate of drug-likeness (QED) is 0.706. The van der Waals surface area contributed by atoms with Crippen LogP contribution < -0.4 is 5.73 Å². The molecule has 1 fully saturated rings. The molecule has 0 aromatic rings. The second-order valence-corrected chi connectivity index (χ2v) is 5.68. The summed E-state index contributed by atoms with van der Waals surface area (Å²) in [6.45, 7) is 7.23. The second kappa shape index (κ2) is 5.08. The first kappa shape index (κ1) is 11.1. The largest absolute Gasteiger partial charge is 0.328 e. The van der Waals surface area contributed by atoms with Crippen molar-refractivity contribution in [1.82, 2.24) is 4.90 Å². The molecule has 1 aliphatic heterocycles. The van der Waals surface area contributed by atoms with Gasteiger partial charge in [0.15, 0.2) is 0 Å². The highest BCUT2D eigenvalue weighted by molar-refractivity contribution is 7.85. The maximum Gasteiger partial charge on any atom is 0.0363 e. The highest BCUT2D eigenvalue weighted by atomic mass is 32.2. The smallest absolute Gasteiger partial charge is 0.0363 e. The van der Waals surface area contributed by atoms with Crippen LogP contribution in [0.25, 0.3) is 0 Å². The normalized spacial score (nSPS) is 25.8. The molecule has 0 aromatic heterocycles. The van der Waals surface area contributed by atoms with E-state index >= 15 is 0 Å². The van der Waals surface area contributed by atoms with Crippen LogP contribution in [0.2, 0.25) is 0 Å². The monoisotopic (exact) mass is 204 g/mol. The molecule has 0 bridgehead atoms. The first-order valence-electron chi connectivity index (χ1n) is 4.92. The maximum atomic E-state index is 11.1. The Kier molecular flexibility index (Phi) is 4.35. The van der Waals surface area contributed by atoms with Crippen LogP contribution in [-0.4, -0.2) is 46.3 Å². The molecule has 2 N–H and O–H groups in total. The summed E-state index contributed by atoms with van der Waals surface area (Å²) in [5.74, 6) is 2.21. The van der Waals surface area contributed by atoms with Crippen LogP contribution >= 0.6 is 0 Å². The van der Waals surface area contributed by atoms with E-state index in [9.17, 15) is 4.21 Å². The van der Waals surface area contributed by atoms with Crippen LogP contribution in [0, 0.1) is 5.92 Å². The van der Waals surface area contributed by atoms with Gasteiger partial charge in [0.2, 0.25) is 0 Å². The van der Waals surface area contributed by atoms with Crippen molar-refractivity contribution in [2.24, 2.45) is 11.7 Å². The number of nitrogens with two attached hydrogens (primary N) is 1. The van der Waals surface area contributed by atoms with Gasteiger partial charge in [0.05, 0.1) is 0 Å². The molecule has 1 aliphatic rings. The van der Waals surface area contributed by atoms with Crippen molar-refractivity contribution >= 4 is 10.8 Å². The van der Waals surface area contributed by atoms with Gasteiger partial charge in [0, 0.05) is 48.0 Å². The first-order chi connectivity index (χ1) is 6.09. The fraction of sp³-hybridized carbons (Fsp3) is 1.00. The van der Waals surface area contributed by atoms with E-state index in [0.717, 1.165) is 31.1 Å². The Bertz CT molecular complexity index is 174. The van der Waals surface area contributed by atoms with Crippen LogP contribution in [0.5, 0.6) is 0 Å². The van der Waals surface area contributed by atoms with Crippen molar-refractivity contribution in [3.63, 3.8) is 0 Å². The molecule has 0 saturated carbocycles. The van der Waals surface area contributed by atoms with Crippen molar-refractivity contribution in [3.8, 4) is 0 Å². The van der Waals surface area contributed by atoms with Crippen LogP contribution in [0.4, 0.5) is 0 Å². The van der Waals surface area contributed by atoms with E-state index in [2.05, 4.69) is 11.8 Å². The SMILES string of the molecule is CC(N)C(C)CN1CCS(=O)CC1.